The van der Waals surface area contributed by atoms with Crippen molar-refractivity contribution < 1.29 is 9.59 Å². The zero-order chi connectivity index (χ0) is 21.3. The molecular weight excluding hydrogens is 384 g/mol. The van der Waals surface area contributed by atoms with Crippen molar-refractivity contribution in [2.45, 2.75) is 75.3 Å². The monoisotopic (exact) mass is 416 g/mol. The van der Waals surface area contributed by atoms with Gasteiger partial charge in [-0.1, -0.05) is 74.2 Å². The molecule has 0 unspecified atom stereocenters. The van der Waals surface area contributed by atoms with Crippen LogP contribution < -0.4 is 5.32 Å². The Kier molecular flexibility index (Phi) is 5.56. The highest BCUT2D eigenvalue weighted by Gasteiger charge is 2.57. The molecule has 1 N–H and O–H groups in total. The molecule has 1 atom stereocenters. The summed E-state index contributed by atoms with van der Waals surface area (Å²) in [4.78, 5) is 29.6. The molecule has 5 rings (SSSR count). The molecule has 0 radical (unpaired) electrons. The molecular formula is C27H32N2O2. The van der Waals surface area contributed by atoms with E-state index in [0.717, 1.165) is 56.1 Å². The van der Waals surface area contributed by atoms with Crippen LogP contribution in [-0.4, -0.2) is 34.8 Å². The Morgan fingerprint density at radius 3 is 2.35 bits per heavy atom. The number of carbonyl (C=O) groups is 2. The van der Waals surface area contributed by atoms with Crippen molar-refractivity contribution in [2.75, 3.05) is 6.54 Å². The van der Waals surface area contributed by atoms with Crippen LogP contribution in [0.5, 0.6) is 0 Å². The predicted molar refractivity (Wildman–Crippen MR) is 122 cm³/mol. The van der Waals surface area contributed by atoms with Crippen LogP contribution in [0.2, 0.25) is 0 Å². The Hall–Kier alpha value is -2.62. The van der Waals surface area contributed by atoms with Crippen LogP contribution in [0, 0.1) is 0 Å². The lowest BCUT2D eigenvalue weighted by atomic mass is 9.70. The van der Waals surface area contributed by atoms with E-state index in [0.29, 0.717) is 6.54 Å². The standard InChI is InChI=1S/C27H32N2O2/c30-25(28-19-16-20-10-2-1-3-11-20)24-22-14-6-7-15-23(22)26(31)29(21-12-4-5-13-21)27(24)17-8-9-18-27/h1-3,6-7,10-11,14-15,21,24H,4-5,8-9,12-13,16-19H2,(H,28,30)/t24-/m0/s1. The number of hydrogen-bond donors (Lipinski definition) is 1. The quantitative estimate of drug-likeness (QED) is 0.758. The minimum absolute atomic E-state index is 0.0841. The van der Waals surface area contributed by atoms with E-state index in [9.17, 15) is 9.59 Å². The molecule has 2 amide bonds. The lowest BCUT2D eigenvalue weighted by molar-refractivity contribution is -0.126. The summed E-state index contributed by atoms with van der Waals surface area (Å²) in [7, 11) is 0. The fourth-order valence-corrected chi connectivity index (χ4v) is 6.37. The number of nitrogens with one attached hydrogen (secondary N) is 1. The lowest BCUT2D eigenvalue weighted by Crippen LogP contribution is -2.63. The third kappa shape index (κ3) is 3.56. The fraction of sp³-hybridized carbons (Fsp3) is 0.481. The molecule has 4 nitrogen and oxygen atoms in total. The molecule has 1 aliphatic heterocycles. The van der Waals surface area contributed by atoms with Crippen LogP contribution >= 0.6 is 0 Å². The Bertz CT molecular complexity index is 943. The first-order chi connectivity index (χ1) is 15.2. The van der Waals surface area contributed by atoms with Gasteiger partial charge in [-0.05, 0) is 49.3 Å². The summed E-state index contributed by atoms with van der Waals surface area (Å²) < 4.78 is 0. The number of fused-ring (bicyclic) bond motifs is 1. The Labute approximate surface area is 185 Å². The van der Waals surface area contributed by atoms with Crippen LogP contribution in [0.15, 0.2) is 54.6 Å². The molecule has 3 aliphatic rings. The molecule has 31 heavy (non-hydrogen) atoms. The summed E-state index contributed by atoms with van der Waals surface area (Å²) in [5.74, 6) is -0.0428. The first-order valence-electron chi connectivity index (χ1n) is 11.9. The van der Waals surface area contributed by atoms with Crippen molar-refractivity contribution in [3.8, 4) is 0 Å². The largest absolute Gasteiger partial charge is 0.355 e. The van der Waals surface area contributed by atoms with E-state index in [2.05, 4.69) is 22.3 Å². The van der Waals surface area contributed by atoms with E-state index in [1.165, 1.54) is 18.4 Å². The van der Waals surface area contributed by atoms with Gasteiger partial charge in [-0.3, -0.25) is 9.59 Å². The van der Waals surface area contributed by atoms with Crippen LogP contribution in [0.4, 0.5) is 0 Å². The molecule has 2 aliphatic carbocycles. The highest BCUT2D eigenvalue weighted by molar-refractivity contribution is 6.02. The SMILES string of the molecule is O=C(NCCc1ccccc1)[C@@H]1c2ccccc2C(=O)N(C2CCCC2)C12CCCC2. The molecule has 1 spiro atoms. The molecule has 162 valence electrons. The second kappa shape index (κ2) is 8.49. The van der Waals surface area contributed by atoms with Gasteiger partial charge in [-0.15, -0.1) is 0 Å². The van der Waals surface area contributed by atoms with E-state index in [4.69, 9.17) is 0 Å². The maximum absolute atomic E-state index is 13.7. The zero-order valence-corrected chi connectivity index (χ0v) is 18.2. The maximum Gasteiger partial charge on any atom is 0.254 e. The number of rotatable bonds is 5. The summed E-state index contributed by atoms with van der Waals surface area (Å²) in [6.07, 6.45) is 9.36. The molecule has 1 heterocycles. The van der Waals surface area contributed by atoms with E-state index in [1.807, 2.05) is 42.5 Å². The van der Waals surface area contributed by atoms with E-state index in [1.54, 1.807) is 0 Å². The average Bonchev–Trinajstić information content (AvgIpc) is 3.48. The number of hydrogen-bond acceptors (Lipinski definition) is 2. The Morgan fingerprint density at radius 1 is 0.935 bits per heavy atom. The number of benzene rings is 2. The van der Waals surface area contributed by atoms with Crippen LogP contribution in [-0.2, 0) is 11.2 Å². The average molecular weight is 417 g/mol. The number of amides is 2. The first-order valence-corrected chi connectivity index (χ1v) is 11.9. The second-order valence-electron chi connectivity index (χ2n) is 9.47. The number of nitrogens with zero attached hydrogens (tertiary/aromatic N) is 1. The smallest absolute Gasteiger partial charge is 0.254 e. The van der Waals surface area contributed by atoms with Gasteiger partial charge in [0.2, 0.25) is 5.91 Å². The van der Waals surface area contributed by atoms with Gasteiger partial charge in [0, 0.05) is 18.2 Å². The molecule has 4 heteroatoms. The molecule has 2 aromatic carbocycles. The summed E-state index contributed by atoms with van der Waals surface area (Å²) in [5, 5.41) is 3.24. The maximum atomic E-state index is 13.7. The van der Waals surface area contributed by atoms with E-state index in [-0.39, 0.29) is 29.3 Å². The molecule has 0 saturated heterocycles. The van der Waals surface area contributed by atoms with Gasteiger partial charge in [0.25, 0.3) is 5.91 Å². The lowest BCUT2D eigenvalue weighted by Gasteiger charge is -2.52. The van der Waals surface area contributed by atoms with Gasteiger partial charge in [-0.2, -0.15) is 0 Å². The normalized spacial score (nSPS) is 22.6. The van der Waals surface area contributed by atoms with Crippen molar-refractivity contribution >= 4 is 11.8 Å². The van der Waals surface area contributed by atoms with E-state index >= 15 is 0 Å². The highest BCUT2D eigenvalue weighted by Crippen LogP contribution is 2.52. The van der Waals surface area contributed by atoms with Crippen molar-refractivity contribution in [2.24, 2.45) is 0 Å². The minimum Gasteiger partial charge on any atom is -0.355 e. The van der Waals surface area contributed by atoms with Crippen LogP contribution in [0.1, 0.15) is 78.8 Å². The van der Waals surface area contributed by atoms with Crippen molar-refractivity contribution in [1.82, 2.24) is 10.2 Å². The third-order valence-electron chi connectivity index (χ3n) is 7.72. The zero-order valence-electron chi connectivity index (χ0n) is 18.2. The van der Waals surface area contributed by atoms with Crippen molar-refractivity contribution in [3.05, 3.63) is 71.3 Å². The summed E-state index contributed by atoms with van der Waals surface area (Å²) in [6.45, 7) is 0.620. The van der Waals surface area contributed by atoms with Crippen molar-refractivity contribution in [1.29, 1.82) is 0 Å². The fourth-order valence-electron chi connectivity index (χ4n) is 6.37. The summed E-state index contributed by atoms with van der Waals surface area (Å²) in [6, 6.07) is 18.4. The van der Waals surface area contributed by atoms with Gasteiger partial charge in [0.1, 0.15) is 0 Å². The molecule has 0 bridgehead atoms. The van der Waals surface area contributed by atoms with Gasteiger partial charge >= 0.3 is 0 Å². The Balaban J connectivity index is 1.47. The van der Waals surface area contributed by atoms with Gasteiger partial charge < -0.3 is 10.2 Å². The van der Waals surface area contributed by atoms with Gasteiger partial charge in [0.15, 0.2) is 0 Å². The second-order valence-corrected chi connectivity index (χ2v) is 9.47. The first kappa shape index (κ1) is 20.3. The van der Waals surface area contributed by atoms with Gasteiger partial charge in [-0.25, -0.2) is 0 Å². The molecule has 2 fully saturated rings. The van der Waals surface area contributed by atoms with Crippen molar-refractivity contribution in [3.63, 3.8) is 0 Å². The molecule has 0 aromatic heterocycles. The third-order valence-corrected chi connectivity index (χ3v) is 7.72. The van der Waals surface area contributed by atoms with Crippen LogP contribution in [0.3, 0.4) is 0 Å². The minimum atomic E-state index is -0.364. The number of carbonyl (C=O) groups excluding carboxylic acids is 2. The summed E-state index contributed by atoms with van der Waals surface area (Å²) >= 11 is 0. The molecule has 2 saturated carbocycles. The van der Waals surface area contributed by atoms with Crippen LogP contribution in [0.25, 0.3) is 0 Å². The Morgan fingerprint density at radius 2 is 1.61 bits per heavy atom. The summed E-state index contributed by atoms with van der Waals surface area (Å²) in [5.41, 5.74) is 2.53. The predicted octanol–water partition coefficient (Wildman–Crippen LogP) is 4.84. The van der Waals surface area contributed by atoms with Gasteiger partial charge in [0.05, 0.1) is 11.5 Å². The highest BCUT2D eigenvalue weighted by atomic mass is 16.2. The van der Waals surface area contributed by atoms with E-state index < -0.39 is 0 Å². The molecule has 2 aromatic rings. The topological polar surface area (TPSA) is 49.4 Å².